The summed E-state index contributed by atoms with van der Waals surface area (Å²) in [4.78, 5) is 11.8. The summed E-state index contributed by atoms with van der Waals surface area (Å²) in [7, 11) is 0. The molecule has 1 aromatic carbocycles. The molecule has 1 saturated carbocycles. The van der Waals surface area contributed by atoms with E-state index >= 15 is 0 Å². The maximum atomic E-state index is 12.7. The Morgan fingerprint density at radius 1 is 1.28 bits per heavy atom. The van der Waals surface area contributed by atoms with Crippen LogP contribution in [0.5, 0.6) is 0 Å². The zero-order valence-electron chi connectivity index (χ0n) is 9.50. The number of carbonyl (C=O) groups excluding carboxylic acids is 1. The molecule has 2 rings (SSSR count). The van der Waals surface area contributed by atoms with Crippen LogP contribution in [0.3, 0.4) is 0 Å². The van der Waals surface area contributed by atoms with E-state index in [1.54, 1.807) is 0 Å². The molecule has 0 spiro atoms. The van der Waals surface area contributed by atoms with Crippen molar-refractivity contribution in [2.24, 2.45) is 5.73 Å². The second-order valence-electron chi connectivity index (χ2n) is 4.45. The topological polar surface area (TPSA) is 55.1 Å². The lowest BCUT2D eigenvalue weighted by Gasteiger charge is -2.33. The number of hydrogen-bond acceptors (Lipinski definition) is 2. The largest absolute Gasteiger partial charge is 0.417 e. The highest BCUT2D eigenvalue weighted by Crippen LogP contribution is 2.32. The van der Waals surface area contributed by atoms with Gasteiger partial charge in [-0.2, -0.15) is 13.2 Å². The summed E-state index contributed by atoms with van der Waals surface area (Å²) >= 11 is 0. The van der Waals surface area contributed by atoms with Crippen molar-refractivity contribution in [3.8, 4) is 0 Å². The highest BCUT2D eigenvalue weighted by Gasteiger charge is 2.36. The smallest absolute Gasteiger partial charge is 0.349 e. The van der Waals surface area contributed by atoms with Gasteiger partial charge in [0.2, 0.25) is 0 Å². The number of carbonyl (C=O) groups is 1. The molecule has 1 amide bonds. The molecule has 0 unspecified atom stereocenters. The zero-order valence-corrected chi connectivity index (χ0v) is 9.50. The third kappa shape index (κ3) is 2.64. The van der Waals surface area contributed by atoms with Crippen LogP contribution >= 0.6 is 0 Å². The Hall–Kier alpha value is -1.56. The van der Waals surface area contributed by atoms with Crippen LogP contribution in [-0.4, -0.2) is 18.0 Å². The highest BCUT2D eigenvalue weighted by molar-refractivity contribution is 5.96. The third-order valence-electron chi connectivity index (χ3n) is 2.99. The predicted octanol–water partition coefficient (Wildman–Crippen LogP) is 1.92. The number of halogens is 3. The second-order valence-corrected chi connectivity index (χ2v) is 4.45. The van der Waals surface area contributed by atoms with E-state index in [1.807, 2.05) is 0 Å². The lowest BCUT2D eigenvalue weighted by molar-refractivity contribution is -0.137. The van der Waals surface area contributed by atoms with E-state index in [1.165, 1.54) is 18.2 Å². The van der Waals surface area contributed by atoms with Gasteiger partial charge in [0.1, 0.15) is 0 Å². The summed E-state index contributed by atoms with van der Waals surface area (Å²) in [6, 6.07) is 4.68. The Labute approximate surface area is 102 Å². The van der Waals surface area contributed by atoms with Gasteiger partial charge in [-0.1, -0.05) is 12.1 Å². The first-order valence-electron chi connectivity index (χ1n) is 5.60. The minimum atomic E-state index is -4.52. The Bertz CT molecular complexity index is 453. The summed E-state index contributed by atoms with van der Waals surface area (Å²) in [5, 5.41) is 2.56. The predicted molar refractivity (Wildman–Crippen MR) is 59.9 cm³/mol. The molecule has 98 valence electrons. The fraction of sp³-hybridized carbons (Fsp3) is 0.417. The molecule has 0 aromatic heterocycles. The molecule has 1 aliphatic carbocycles. The van der Waals surface area contributed by atoms with Gasteiger partial charge >= 0.3 is 6.18 Å². The number of amides is 1. The average Bonchev–Trinajstić information content (AvgIpc) is 2.26. The van der Waals surface area contributed by atoms with Crippen molar-refractivity contribution in [3.05, 3.63) is 35.4 Å². The van der Waals surface area contributed by atoms with Crippen molar-refractivity contribution in [3.63, 3.8) is 0 Å². The summed E-state index contributed by atoms with van der Waals surface area (Å²) < 4.78 is 38.1. The fourth-order valence-electron chi connectivity index (χ4n) is 1.97. The standard InChI is InChI=1S/C12H13F3N2O/c13-12(14,15)10-4-2-1-3-9(10)11(18)17-8-5-7(16)6-8/h1-4,7-8H,5-6,16H2,(H,17,18). The van der Waals surface area contributed by atoms with E-state index < -0.39 is 17.6 Å². The van der Waals surface area contributed by atoms with E-state index in [4.69, 9.17) is 5.73 Å². The van der Waals surface area contributed by atoms with Crippen molar-refractivity contribution in [1.82, 2.24) is 5.32 Å². The average molecular weight is 258 g/mol. The van der Waals surface area contributed by atoms with Crippen LogP contribution in [0, 0.1) is 0 Å². The highest BCUT2D eigenvalue weighted by atomic mass is 19.4. The summed E-state index contributed by atoms with van der Waals surface area (Å²) in [6.45, 7) is 0. The molecule has 1 aliphatic rings. The minimum Gasteiger partial charge on any atom is -0.349 e. The van der Waals surface area contributed by atoms with Crippen molar-refractivity contribution >= 4 is 5.91 Å². The van der Waals surface area contributed by atoms with Crippen LogP contribution in [0.15, 0.2) is 24.3 Å². The molecular formula is C12H13F3N2O. The van der Waals surface area contributed by atoms with E-state index in [2.05, 4.69) is 5.32 Å². The van der Waals surface area contributed by atoms with Gasteiger partial charge in [0, 0.05) is 12.1 Å². The van der Waals surface area contributed by atoms with Gasteiger partial charge in [-0.25, -0.2) is 0 Å². The number of hydrogen-bond donors (Lipinski definition) is 2. The zero-order chi connectivity index (χ0) is 13.3. The van der Waals surface area contributed by atoms with E-state index in [9.17, 15) is 18.0 Å². The Balaban J connectivity index is 2.15. The normalized spacial score (nSPS) is 23.3. The van der Waals surface area contributed by atoms with Crippen LogP contribution in [0.2, 0.25) is 0 Å². The number of nitrogens with two attached hydrogens (primary N) is 1. The molecule has 0 saturated heterocycles. The molecule has 0 aliphatic heterocycles. The molecule has 1 aromatic rings. The quantitative estimate of drug-likeness (QED) is 0.851. The van der Waals surface area contributed by atoms with Gasteiger partial charge in [-0.05, 0) is 25.0 Å². The third-order valence-corrected chi connectivity index (χ3v) is 2.99. The van der Waals surface area contributed by atoms with Crippen LogP contribution in [-0.2, 0) is 6.18 Å². The number of alkyl halides is 3. The monoisotopic (exact) mass is 258 g/mol. The van der Waals surface area contributed by atoms with Crippen LogP contribution in [0.4, 0.5) is 13.2 Å². The van der Waals surface area contributed by atoms with Gasteiger partial charge in [0.15, 0.2) is 0 Å². The lowest BCUT2D eigenvalue weighted by atomic mass is 9.87. The maximum Gasteiger partial charge on any atom is 0.417 e. The van der Waals surface area contributed by atoms with Gasteiger partial charge in [-0.3, -0.25) is 4.79 Å². The van der Waals surface area contributed by atoms with Gasteiger partial charge in [-0.15, -0.1) is 0 Å². The lowest BCUT2D eigenvalue weighted by Crippen LogP contribution is -2.50. The van der Waals surface area contributed by atoms with Crippen molar-refractivity contribution in [1.29, 1.82) is 0 Å². The molecule has 1 fully saturated rings. The molecule has 0 bridgehead atoms. The van der Waals surface area contributed by atoms with Crippen LogP contribution in [0.25, 0.3) is 0 Å². The van der Waals surface area contributed by atoms with E-state index in [0.29, 0.717) is 12.8 Å². The van der Waals surface area contributed by atoms with Crippen LogP contribution < -0.4 is 11.1 Å². The number of rotatable bonds is 2. The van der Waals surface area contributed by atoms with Crippen molar-refractivity contribution < 1.29 is 18.0 Å². The minimum absolute atomic E-state index is 0.0353. The van der Waals surface area contributed by atoms with Gasteiger partial charge in [0.25, 0.3) is 5.91 Å². The van der Waals surface area contributed by atoms with Gasteiger partial charge < -0.3 is 11.1 Å². The first-order valence-corrected chi connectivity index (χ1v) is 5.60. The maximum absolute atomic E-state index is 12.7. The first kappa shape index (κ1) is 12.9. The van der Waals surface area contributed by atoms with Crippen molar-refractivity contribution in [2.75, 3.05) is 0 Å². The Kier molecular flexibility index (Phi) is 3.30. The molecule has 3 nitrogen and oxygen atoms in total. The molecular weight excluding hydrogens is 245 g/mol. The molecule has 0 heterocycles. The Morgan fingerprint density at radius 2 is 1.89 bits per heavy atom. The molecule has 3 N–H and O–H groups in total. The molecule has 0 radical (unpaired) electrons. The van der Waals surface area contributed by atoms with E-state index in [-0.39, 0.29) is 17.6 Å². The molecule has 0 atom stereocenters. The van der Waals surface area contributed by atoms with E-state index in [0.717, 1.165) is 6.07 Å². The molecule has 6 heteroatoms. The Morgan fingerprint density at radius 3 is 2.44 bits per heavy atom. The summed E-state index contributed by atoms with van der Waals surface area (Å²) in [5.41, 5.74) is 4.30. The fourth-order valence-corrected chi connectivity index (χ4v) is 1.97. The summed E-state index contributed by atoms with van der Waals surface area (Å²) in [5.74, 6) is -0.695. The van der Waals surface area contributed by atoms with Gasteiger partial charge in [0.05, 0.1) is 11.1 Å². The number of nitrogens with one attached hydrogen (secondary N) is 1. The summed E-state index contributed by atoms with van der Waals surface area (Å²) in [6.07, 6.45) is -3.30. The molecule has 18 heavy (non-hydrogen) atoms. The SMILES string of the molecule is NC1CC(NC(=O)c2ccccc2C(F)(F)F)C1. The first-order chi connectivity index (χ1) is 8.38. The van der Waals surface area contributed by atoms with Crippen LogP contribution in [0.1, 0.15) is 28.8 Å². The number of benzene rings is 1. The second kappa shape index (κ2) is 4.61. The van der Waals surface area contributed by atoms with Crippen molar-refractivity contribution in [2.45, 2.75) is 31.1 Å².